The quantitative estimate of drug-likeness (QED) is 0.779. The molecule has 0 aliphatic rings. The Morgan fingerprint density at radius 2 is 2.00 bits per heavy atom. The largest absolute Gasteiger partial charge is 0.359 e. The van der Waals surface area contributed by atoms with Gasteiger partial charge in [-0.05, 0) is 26.0 Å². The average Bonchev–Trinajstić information content (AvgIpc) is 2.82. The van der Waals surface area contributed by atoms with E-state index in [9.17, 15) is 9.59 Å². The van der Waals surface area contributed by atoms with Gasteiger partial charge in [0, 0.05) is 12.4 Å². The van der Waals surface area contributed by atoms with E-state index in [0.717, 1.165) is 0 Å². The zero-order valence-corrected chi connectivity index (χ0v) is 12.4. The smallest absolute Gasteiger partial charge is 0.280 e. The van der Waals surface area contributed by atoms with Crippen molar-refractivity contribution in [2.75, 3.05) is 5.32 Å². The fourth-order valence-electron chi connectivity index (χ4n) is 2.31. The highest BCUT2D eigenvalue weighted by Crippen LogP contribution is 2.19. The first-order valence-electron chi connectivity index (χ1n) is 6.69. The number of hydrogen-bond donors (Lipinski definition) is 1. The third-order valence-electron chi connectivity index (χ3n) is 3.45. The summed E-state index contributed by atoms with van der Waals surface area (Å²) in [6, 6.07) is 7.01. The number of aromatic nitrogens is 3. The molecule has 1 N–H and O–H groups in total. The van der Waals surface area contributed by atoms with Gasteiger partial charge in [0.05, 0.1) is 5.52 Å². The lowest BCUT2D eigenvalue weighted by Gasteiger charge is -2.08. The maximum absolute atomic E-state index is 12.4. The Bertz CT molecular complexity index is 920. The number of benzene rings is 1. The summed E-state index contributed by atoms with van der Waals surface area (Å²) in [5.41, 5.74) is 1.10. The van der Waals surface area contributed by atoms with E-state index in [4.69, 9.17) is 4.52 Å². The molecule has 0 spiro atoms. The molecular weight excluding hydrogens is 284 g/mol. The Kier molecular flexibility index (Phi) is 3.25. The second-order valence-corrected chi connectivity index (χ2v) is 4.97. The van der Waals surface area contributed by atoms with Gasteiger partial charge in [0.15, 0.2) is 11.5 Å². The molecule has 0 aliphatic carbocycles. The molecule has 0 fully saturated rings. The summed E-state index contributed by atoms with van der Waals surface area (Å²) in [5, 5.41) is 10.9. The second-order valence-electron chi connectivity index (χ2n) is 4.97. The van der Waals surface area contributed by atoms with Gasteiger partial charge in [0.25, 0.3) is 5.91 Å². The summed E-state index contributed by atoms with van der Waals surface area (Å²) < 4.78 is 6.50. The molecule has 0 atom stereocenters. The van der Waals surface area contributed by atoms with E-state index in [0.29, 0.717) is 28.0 Å². The number of carbonyl (C=O) groups excluding carboxylic acids is 1. The molecule has 22 heavy (non-hydrogen) atoms. The van der Waals surface area contributed by atoms with Gasteiger partial charge in [-0.25, -0.2) is 0 Å². The Morgan fingerprint density at radius 3 is 2.68 bits per heavy atom. The minimum Gasteiger partial charge on any atom is -0.359 e. The number of hydrogen-bond acceptors (Lipinski definition) is 5. The molecule has 7 heteroatoms. The number of para-hydroxylation sites is 1. The highest BCUT2D eigenvalue weighted by molar-refractivity contribution is 6.04. The highest BCUT2D eigenvalue weighted by atomic mass is 16.5. The molecular formula is C15H14N4O3. The fourth-order valence-corrected chi connectivity index (χ4v) is 2.31. The van der Waals surface area contributed by atoms with Crippen LogP contribution in [0.3, 0.4) is 0 Å². The molecule has 0 radical (unpaired) electrons. The molecule has 3 rings (SSSR count). The van der Waals surface area contributed by atoms with Gasteiger partial charge in [0.1, 0.15) is 11.4 Å². The number of rotatable bonds is 2. The molecule has 3 aromatic rings. The van der Waals surface area contributed by atoms with E-state index in [2.05, 4.69) is 15.6 Å². The van der Waals surface area contributed by atoms with Crippen LogP contribution in [0, 0.1) is 13.8 Å². The molecule has 2 heterocycles. The third kappa shape index (κ3) is 2.16. The van der Waals surface area contributed by atoms with Crippen molar-refractivity contribution < 1.29 is 9.32 Å². The van der Waals surface area contributed by atoms with Crippen LogP contribution in [-0.4, -0.2) is 20.8 Å². The minimum absolute atomic E-state index is 0.166. The van der Waals surface area contributed by atoms with E-state index >= 15 is 0 Å². The summed E-state index contributed by atoms with van der Waals surface area (Å²) >= 11 is 0. The van der Waals surface area contributed by atoms with Crippen LogP contribution in [0.5, 0.6) is 0 Å². The monoisotopic (exact) mass is 298 g/mol. The number of anilines is 1. The van der Waals surface area contributed by atoms with Crippen molar-refractivity contribution in [2.24, 2.45) is 7.05 Å². The van der Waals surface area contributed by atoms with Gasteiger partial charge in [-0.2, -0.15) is 5.10 Å². The van der Waals surface area contributed by atoms with Crippen LogP contribution < -0.4 is 10.7 Å². The van der Waals surface area contributed by atoms with Crippen LogP contribution in [0.4, 0.5) is 5.69 Å². The lowest BCUT2D eigenvalue weighted by Crippen LogP contribution is -2.26. The van der Waals surface area contributed by atoms with Crippen molar-refractivity contribution >= 4 is 22.5 Å². The van der Waals surface area contributed by atoms with Crippen LogP contribution in [0.1, 0.15) is 21.9 Å². The summed E-state index contributed by atoms with van der Waals surface area (Å²) in [7, 11) is 1.69. The van der Waals surface area contributed by atoms with Gasteiger partial charge in [-0.15, -0.1) is 0 Å². The number of nitrogens with zero attached hydrogens (tertiary/aromatic N) is 3. The number of amides is 1. The van der Waals surface area contributed by atoms with Crippen molar-refractivity contribution in [3.63, 3.8) is 0 Å². The molecule has 0 saturated carbocycles. The first kappa shape index (κ1) is 14.0. The topological polar surface area (TPSA) is 90.0 Å². The molecule has 1 aromatic carbocycles. The molecule has 0 aliphatic heterocycles. The summed E-state index contributed by atoms with van der Waals surface area (Å²) in [6.07, 6.45) is 0. The summed E-state index contributed by atoms with van der Waals surface area (Å²) in [6.45, 7) is 3.39. The third-order valence-corrected chi connectivity index (χ3v) is 3.45. The van der Waals surface area contributed by atoms with Crippen molar-refractivity contribution in [1.82, 2.24) is 14.9 Å². The lowest BCUT2D eigenvalue weighted by atomic mass is 10.2. The molecule has 112 valence electrons. The van der Waals surface area contributed by atoms with Crippen LogP contribution in [0.2, 0.25) is 0 Å². The first-order valence-corrected chi connectivity index (χ1v) is 6.69. The van der Waals surface area contributed by atoms with Crippen LogP contribution in [0.15, 0.2) is 33.6 Å². The Balaban J connectivity index is 2.09. The number of aryl methyl sites for hydroxylation is 3. The Hall–Kier alpha value is -2.96. The maximum atomic E-state index is 12.4. The summed E-state index contributed by atoms with van der Waals surface area (Å²) in [4.78, 5) is 24.8. The van der Waals surface area contributed by atoms with Gasteiger partial charge < -0.3 is 9.84 Å². The highest BCUT2D eigenvalue weighted by Gasteiger charge is 2.19. The van der Waals surface area contributed by atoms with E-state index in [-0.39, 0.29) is 5.69 Å². The van der Waals surface area contributed by atoms with Gasteiger partial charge in [-0.3, -0.25) is 14.3 Å². The van der Waals surface area contributed by atoms with Crippen LogP contribution >= 0.6 is 0 Å². The van der Waals surface area contributed by atoms with Crippen LogP contribution in [0.25, 0.3) is 10.9 Å². The van der Waals surface area contributed by atoms with Gasteiger partial charge in [0.2, 0.25) is 5.43 Å². The van der Waals surface area contributed by atoms with E-state index in [1.54, 1.807) is 39.1 Å². The maximum Gasteiger partial charge on any atom is 0.280 e. The van der Waals surface area contributed by atoms with Crippen molar-refractivity contribution in [3.05, 3.63) is 51.6 Å². The first-order chi connectivity index (χ1) is 10.5. The molecule has 0 bridgehead atoms. The average molecular weight is 298 g/mol. The number of carbonyl (C=O) groups is 1. The zero-order chi connectivity index (χ0) is 15.9. The second kappa shape index (κ2) is 5.10. The lowest BCUT2D eigenvalue weighted by molar-refractivity contribution is 0.101. The van der Waals surface area contributed by atoms with E-state index in [1.165, 1.54) is 4.68 Å². The van der Waals surface area contributed by atoms with Crippen molar-refractivity contribution in [3.8, 4) is 0 Å². The fraction of sp³-hybridized carbons (Fsp3) is 0.200. The Morgan fingerprint density at radius 1 is 1.27 bits per heavy atom. The number of nitrogens with one attached hydrogen (secondary N) is 1. The molecule has 0 unspecified atom stereocenters. The van der Waals surface area contributed by atoms with Crippen molar-refractivity contribution in [2.45, 2.75) is 13.8 Å². The number of fused-ring (bicyclic) bond motifs is 1. The van der Waals surface area contributed by atoms with Crippen molar-refractivity contribution in [1.29, 1.82) is 0 Å². The van der Waals surface area contributed by atoms with E-state index < -0.39 is 11.3 Å². The predicted octanol–water partition coefficient (Wildman–Crippen LogP) is 1.79. The van der Waals surface area contributed by atoms with Crippen LogP contribution in [-0.2, 0) is 7.05 Å². The van der Waals surface area contributed by atoms with Gasteiger partial charge >= 0.3 is 0 Å². The summed E-state index contributed by atoms with van der Waals surface area (Å²) in [5.74, 6) is -0.107. The molecule has 7 nitrogen and oxygen atoms in total. The zero-order valence-electron chi connectivity index (χ0n) is 12.4. The van der Waals surface area contributed by atoms with E-state index in [1.807, 2.05) is 6.07 Å². The molecule has 2 aromatic heterocycles. The minimum atomic E-state index is -0.583. The normalized spacial score (nSPS) is 10.9. The Labute approximate surface area is 125 Å². The SMILES string of the molecule is Cc1noc(C)c1NC(=O)c1nn(C)c2ccccc2c1=O. The molecule has 0 saturated heterocycles. The predicted molar refractivity (Wildman–Crippen MR) is 80.9 cm³/mol. The molecule has 1 amide bonds. The standard InChI is InChI=1S/C15H14N4O3/c1-8-12(9(2)22-18-8)16-15(21)13-14(20)10-6-4-5-7-11(10)19(3)17-13/h4-7H,1-3H3,(H,16,21). The van der Waals surface area contributed by atoms with Gasteiger partial charge in [-0.1, -0.05) is 17.3 Å².